The maximum absolute atomic E-state index is 11.7. The highest BCUT2D eigenvalue weighted by Gasteiger charge is 2.21. The Balaban J connectivity index is 2.09. The molecule has 0 fully saturated rings. The van der Waals surface area contributed by atoms with E-state index in [1.165, 1.54) is 17.8 Å². The molecule has 4 nitrogen and oxygen atoms in total. The summed E-state index contributed by atoms with van der Waals surface area (Å²) >= 11 is 4.75. The van der Waals surface area contributed by atoms with E-state index in [9.17, 15) is 9.59 Å². The summed E-state index contributed by atoms with van der Waals surface area (Å²) in [6.07, 6.45) is 0. The monoisotopic (exact) mass is 354 g/mol. The number of rotatable bonds is 5. The lowest BCUT2D eigenvalue weighted by Gasteiger charge is -1.99. The highest BCUT2D eigenvalue weighted by Crippen LogP contribution is 2.30. The van der Waals surface area contributed by atoms with E-state index >= 15 is 0 Å². The first-order valence-corrected chi connectivity index (χ1v) is 7.46. The Kier molecular flexibility index (Phi) is 5.03. The molecular formula is C14H11BrO4S. The number of furan rings is 1. The first-order valence-electron chi connectivity index (χ1n) is 5.85. The van der Waals surface area contributed by atoms with Gasteiger partial charge in [-0.05, 0) is 37.3 Å². The van der Waals surface area contributed by atoms with Crippen LogP contribution in [0.15, 0.2) is 55.3 Å². The summed E-state index contributed by atoms with van der Waals surface area (Å²) in [7, 11) is 0. The summed E-state index contributed by atoms with van der Waals surface area (Å²) < 4.78 is 10.9. The average molecular weight is 355 g/mol. The van der Waals surface area contributed by atoms with Gasteiger partial charge in [0.05, 0.1) is 6.61 Å². The molecule has 20 heavy (non-hydrogen) atoms. The maximum atomic E-state index is 11.7. The molecule has 0 aliphatic carbocycles. The van der Waals surface area contributed by atoms with Crippen molar-refractivity contribution in [3.8, 4) is 0 Å². The smallest absolute Gasteiger partial charge is 0.383 e. The van der Waals surface area contributed by atoms with E-state index in [1.807, 2.05) is 24.3 Å². The highest BCUT2D eigenvalue weighted by atomic mass is 79.9. The molecule has 1 heterocycles. The SMILES string of the molecule is CCOC(=O)C(=O)c1ccc(Sc2cccc(Br)c2)o1. The third-order valence-corrected chi connectivity index (χ3v) is 3.68. The van der Waals surface area contributed by atoms with Gasteiger partial charge >= 0.3 is 11.8 Å². The van der Waals surface area contributed by atoms with E-state index in [-0.39, 0.29) is 12.4 Å². The molecule has 0 bridgehead atoms. The number of benzene rings is 1. The number of hydrogen-bond donors (Lipinski definition) is 0. The summed E-state index contributed by atoms with van der Waals surface area (Å²) in [5.41, 5.74) is 0. The molecule has 0 radical (unpaired) electrons. The van der Waals surface area contributed by atoms with E-state index in [2.05, 4.69) is 20.7 Å². The van der Waals surface area contributed by atoms with Gasteiger partial charge in [-0.2, -0.15) is 0 Å². The molecule has 1 aromatic carbocycles. The minimum Gasteiger partial charge on any atom is -0.460 e. The number of ether oxygens (including phenoxy) is 1. The Morgan fingerprint density at radius 1 is 1.30 bits per heavy atom. The van der Waals surface area contributed by atoms with Crippen LogP contribution >= 0.6 is 27.7 Å². The number of ketones is 1. The van der Waals surface area contributed by atoms with Crippen LogP contribution in [-0.4, -0.2) is 18.4 Å². The van der Waals surface area contributed by atoms with Crippen molar-refractivity contribution in [2.24, 2.45) is 0 Å². The minimum absolute atomic E-state index is 0.0130. The fourth-order valence-corrected chi connectivity index (χ4v) is 2.82. The number of esters is 1. The van der Waals surface area contributed by atoms with Gasteiger partial charge in [-0.1, -0.05) is 33.8 Å². The van der Waals surface area contributed by atoms with Crippen LogP contribution in [0.4, 0.5) is 0 Å². The second-order valence-corrected chi connectivity index (χ2v) is 5.72. The van der Waals surface area contributed by atoms with Crippen LogP contribution in [0.2, 0.25) is 0 Å². The molecule has 1 aromatic heterocycles. The van der Waals surface area contributed by atoms with E-state index < -0.39 is 11.8 Å². The van der Waals surface area contributed by atoms with Gasteiger partial charge in [0.15, 0.2) is 10.9 Å². The lowest BCUT2D eigenvalue weighted by Crippen LogP contribution is -2.16. The van der Waals surface area contributed by atoms with Gasteiger partial charge in [-0.25, -0.2) is 4.79 Å². The quantitative estimate of drug-likeness (QED) is 0.462. The van der Waals surface area contributed by atoms with Crippen LogP contribution in [0.3, 0.4) is 0 Å². The van der Waals surface area contributed by atoms with Crippen molar-refractivity contribution in [1.82, 2.24) is 0 Å². The van der Waals surface area contributed by atoms with E-state index in [4.69, 9.17) is 4.42 Å². The third-order valence-electron chi connectivity index (χ3n) is 2.28. The first kappa shape index (κ1) is 14.9. The molecule has 0 N–H and O–H groups in total. The van der Waals surface area contributed by atoms with Crippen LogP contribution < -0.4 is 0 Å². The standard InChI is InChI=1S/C14H11BrO4S/c1-2-18-14(17)13(16)11-6-7-12(19-11)20-10-5-3-4-9(15)8-10/h3-8H,2H2,1H3. The number of carbonyl (C=O) groups is 2. The van der Waals surface area contributed by atoms with Crippen molar-refractivity contribution in [3.63, 3.8) is 0 Å². The van der Waals surface area contributed by atoms with Crippen molar-refractivity contribution in [2.75, 3.05) is 6.61 Å². The molecule has 0 saturated carbocycles. The molecular weight excluding hydrogens is 344 g/mol. The van der Waals surface area contributed by atoms with Crippen LogP contribution in [0, 0.1) is 0 Å². The van der Waals surface area contributed by atoms with Crippen LogP contribution in [-0.2, 0) is 9.53 Å². The zero-order chi connectivity index (χ0) is 14.5. The number of carbonyl (C=O) groups excluding carboxylic acids is 2. The molecule has 104 valence electrons. The molecule has 2 rings (SSSR count). The van der Waals surface area contributed by atoms with Crippen LogP contribution in [0.1, 0.15) is 17.5 Å². The number of Topliss-reactive ketones (excluding diaryl/α,β-unsaturated/α-hetero) is 1. The van der Waals surface area contributed by atoms with Crippen molar-refractivity contribution in [3.05, 3.63) is 46.6 Å². The number of halogens is 1. The Bertz CT molecular complexity index is 636. The van der Waals surface area contributed by atoms with Crippen LogP contribution in [0.5, 0.6) is 0 Å². The topological polar surface area (TPSA) is 56.5 Å². The Labute approximate surface area is 128 Å². The van der Waals surface area contributed by atoms with Crippen molar-refractivity contribution in [1.29, 1.82) is 0 Å². The zero-order valence-corrected chi connectivity index (χ0v) is 13.0. The van der Waals surface area contributed by atoms with E-state index in [0.717, 1.165) is 9.37 Å². The Morgan fingerprint density at radius 2 is 2.10 bits per heavy atom. The van der Waals surface area contributed by atoms with E-state index in [0.29, 0.717) is 5.09 Å². The maximum Gasteiger partial charge on any atom is 0.383 e. The van der Waals surface area contributed by atoms with Crippen molar-refractivity contribution in [2.45, 2.75) is 16.9 Å². The second-order valence-electron chi connectivity index (χ2n) is 3.73. The van der Waals surface area contributed by atoms with Gasteiger partial charge in [0.1, 0.15) is 0 Å². The molecule has 0 aliphatic heterocycles. The molecule has 0 atom stereocenters. The Hall–Kier alpha value is -1.53. The first-order chi connectivity index (χ1) is 9.60. The molecule has 6 heteroatoms. The molecule has 0 amide bonds. The Morgan fingerprint density at radius 3 is 2.80 bits per heavy atom. The largest absolute Gasteiger partial charge is 0.460 e. The summed E-state index contributed by atoms with van der Waals surface area (Å²) in [5.74, 6) is -1.69. The lowest BCUT2D eigenvalue weighted by atomic mass is 10.3. The van der Waals surface area contributed by atoms with Crippen molar-refractivity contribution >= 4 is 39.4 Å². The highest BCUT2D eigenvalue weighted by molar-refractivity contribution is 9.10. The van der Waals surface area contributed by atoms with Gasteiger partial charge in [0.25, 0.3) is 0 Å². The van der Waals surface area contributed by atoms with Crippen molar-refractivity contribution < 1.29 is 18.7 Å². The van der Waals surface area contributed by atoms with Gasteiger partial charge in [-0.15, -0.1) is 0 Å². The summed E-state index contributed by atoms with van der Waals surface area (Å²) in [5, 5.41) is 0.538. The van der Waals surface area contributed by atoms with Gasteiger partial charge in [0.2, 0.25) is 0 Å². The fraction of sp³-hybridized carbons (Fsp3) is 0.143. The molecule has 2 aromatic rings. The minimum atomic E-state index is -0.902. The predicted octanol–water partition coefficient (Wildman–Crippen LogP) is 3.94. The zero-order valence-electron chi connectivity index (χ0n) is 10.6. The summed E-state index contributed by atoms with van der Waals surface area (Å²) in [4.78, 5) is 23.9. The predicted molar refractivity (Wildman–Crippen MR) is 77.9 cm³/mol. The molecule has 0 saturated heterocycles. The number of hydrogen-bond acceptors (Lipinski definition) is 5. The second kappa shape index (κ2) is 6.76. The summed E-state index contributed by atoms with van der Waals surface area (Å²) in [6, 6.07) is 10.8. The molecule has 0 spiro atoms. The van der Waals surface area contributed by atoms with E-state index in [1.54, 1.807) is 13.0 Å². The van der Waals surface area contributed by atoms with Gasteiger partial charge in [0, 0.05) is 9.37 Å². The average Bonchev–Trinajstić information content (AvgIpc) is 2.86. The third kappa shape index (κ3) is 3.74. The van der Waals surface area contributed by atoms with Gasteiger partial charge in [-0.3, -0.25) is 4.79 Å². The molecule has 0 aliphatic rings. The normalized spacial score (nSPS) is 10.3. The summed E-state index contributed by atoms with van der Waals surface area (Å²) in [6.45, 7) is 1.80. The van der Waals surface area contributed by atoms with Gasteiger partial charge < -0.3 is 9.15 Å². The lowest BCUT2D eigenvalue weighted by molar-refractivity contribution is -0.137. The fourth-order valence-electron chi connectivity index (χ4n) is 1.44. The molecule has 0 unspecified atom stereocenters. The van der Waals surface area contributed by atoms with Crippen LogP contribution in [0.25, 0.3) is 0 Å².